The second kappa shape index (κ2) is 8.29. The number of halogens is 2. The van der Waals surface area contributed by atoms with Gasteiger partial charge in [0.25, 0.3) is 0 Å². The number of piperidine rings is 1. The molecular weight excluding hydrogens is 513 g/mol. The van der Waals surface area contributed by atoms with Crippen LogP contribution in [0.15, 0.2) is 30.7 Å². The smallest absolute Gasteiger partial charge is 0.240 e. The van der Waals surface area contributed by atoms with Crippen molar-refractivity contribution >= 4 is 39.8 Å². The van der Waals surface area contributed by atoms with E-state index in [4.69, 9.17) is 16.3 Å². The number of likely N-dealkylation sites (tertiary alicyclic amines) is 1. The maximum atomic E-state index is 15.0. The summed E-state index contributed by atoms with van der Waals surface area (Å²) in [5.74, 6) is -1.34. The van der Waals surface area contributed by atoms with Crippen molar-refractivity contribution in [3.63, 3.8) is 0 Å². The largest absolute Gasteiger partial charge is 0.374 e. The van der Waals surface area contributed by atoms with Crippen molar-refractivity contribution in [2.45, 2.75) is 33.0 Å². The highest BCUT2D eigenvalue weighted by Gasteiger charge is 2.72. The molecule has 1 aliphatic carbocycles. The van der Waals surface area contributed by atoms with Crippen molar-refractivity contribution < 1.29 is 18.7 Å². The molecule has 12 heteroatoms. The van der Waals surface area contributed by atoms with Gasteiger partial charge < -0.3 is 10.1 Å². The highest BCUT2D eigenvalue weighted by atomic mass is 35.5. The first-order valence-electron chi connectivity index (χ1n) is 12.6. The number of morpholine rings is 1. The second-order valence-corrected chi connectivity index (χ2v) is 11.3. The Morgan fingerprint density at radius 3 is 2.74 bits per heavy atom. The van der Waals surface area contributed by atoms with E-state index in [-0.39, 0.29) is 47.1 Å². The van der Waals surface area contributed by atoms with Gasteiger partial charge >= 0.3 is 0 Å². The number of amides is 2. The molecule has 5 heterocycles. The molecule has 4 aromatic rings. The zero-order chi connectivity index (χ0) is 26.3. The van der Waals surface area contributed by atoms with Gasteiger partial charge in [-0.3, -0.25) is 19.2 Å². The van der Waals surface area contributed by atoms with Crippen molar-refractivity contribution in [3.05, 3.63) is 47.3 Å². The Hall–Kier alpha value is -3.41. The summed E-state index contributed by atoms with van der Waals surface area (Å²) >= 11 is 6.42. The van der Waals surface area contributed by atoms with Crippen LogP contribution in [0, 0.1) is 23.2 Å². The minimum absolute atomic E-state index is 0.123. The molecule has 3 aromatic heterocycles. The van der Waals surface area contributed by atoms with E-state index in [0.717, 1.165) is 12.1 Å². The fourth-order valence-electron chi connectivity index (χ4n) is 6.11. The number of hydrogen-bond acceptors (Lipinski definition) is 7. The van der Waals surface area contributed by atoms with Crippen LogP contribution in [0.4, 0.5) is 4.39 Å². The summed E-state index contributed by atoms with van der Waals surface area (Å²) in [6.45, 7) is 6.42. The van der Waals surface area contributed by atoms with Gasteiger partial charge in [0.2, 0.25) is 17.8 Å². The van der Waals surface area contributed by atoms with Crippen LogP contribution >= 0.6 is 11.6 Å². The molecule has 1 saturated carbocycles. The number of rotatable bonds is 5. The highest BCUT2D eigenvalue weighted by molar-refractivity contribution is 6.32. The lowest BCUT2D eigenvalue weighted by molar-refractivity contribution is -0.143. The molecule has 38 heavy (non-hydrogen) atoms. The van der Waals surface area contributed by atoms with Crippen LogP contribution in [-0.2, 0) is 27.4 Å². The number of carbonyl (C=O) groups is 2. The molecule has 0 radical (unpaired) electrons. The molecule has 1 N–H and O–H groups in total. The number of ether oxygens (including phenoxy) is 1. The van der Waals surface area contributed by atoms with Crippen molar-refractivity contribution in [1.82, 2.24) is 34.6 Å². The second-order valence-electron chi connectivity index (χ2n) is 10.8. The number of hydrogen-bond donors (Lipinski definition) is 1. The van der Waals surface area contributed by atoms with Crippen LogP contribution in [0.3, 0.4) is 0 Å². The van der Waals surface area contributed by atoms with Crippen molar-refractivity contribution in [3.8, 4) is 11.3 Å². The summed E-state index contributed by atoms with van der Waals surface area (Å²) in [5.41, 5.74) is 2.80. The molecule has 2 amide bonds. The molecule has 0 spiro atoms. The van der Waals surface area contributed by atoms with Crippen LogP contribution in [0.25, 0.3) is 27.7 Å². The summed E-state index contributed by atoms with van der Waals surface area (Å²) in [5, 5.41) is 12.4. The highest BCUT2D eigenvalue weighted by Crippen LogP contribution is 2.63. The first kappa shape index (κ1) is 23.7. The van der Waals surface area contributed by atoms with Gasteiger partial charge in [0.15, 0.2) is 0 Å². The lowest BCUT2D eigenvalue weighted by atomic mass is 10.1. The Labute approximate surface area is 221 Å². The molecule has 3 fully saturated rings. The molecule has 3 atom stereocenters. The standard InChI is InChI=1S/C26H25ClFN7O3/c1-26(2)19-20(26)25(37)33(24(19)36)9-13-5-18-21(30-12-31-34(18)10-13)16-6-14(27)7-17-22(16)35(32-23(17)28)11-15-8-29-3-4-38-15/h5-7,10,12,15,19-20,29H,3-4,8-9,11H2,1-2H3/t15-,19?,20?/m0/s1. The average Bonchev–Trinajstić information content (AvgIpc) is 3.17. The number of aromatic nitrogens is 5. The Bertz CT molecular complexity index is 1620. The molecule has 2 aliphatic heterocycles. The summed E-state index contributed by atoms with van der Waals surface area (Å²) in [7, 11) is 0. The lowest BCUT2D eigenvalue weighted by Gasteiger charge is -2.24. The minimum atomic E-state index is -0.624. The first-order chi connectivity index (χ1) is 18.2. The average molecular weight is 538 g/mol. The van der Waals surface area contributed by atoms with Gasteiger partial charge in [-0.05, 0) is 29.2 Å². The molecular formula is C26H25ClFN7O3. The normalized spacial score (nSPS) is 24.5. The SMILES string of the molecule is CC1(C)C2C(=O)N(Cc3cc4c(-c5cc(Cl)cc6c(F)nn(C[C@@H]7CNCCO7)c56)ncnn4c3)C(=O)C21. The molecule has 10 nitrogen and oxygen atoms in total. The van der Waals surface area contributed by atoms with E-state index in [1.807, 2.05) is 19.9 Å². The van der Waals surface area contributed by atoms with Gasteiger partial charge in [-0.1, -0.05) is 25.4 Å². The van der Waals surface area contributed by atoms with E-state index in [9.17, 15) is 14.0 Å². The van der Waals surface area contributed by atoms with E-state index < -0.39 is 5.95 Å². The summed E-state index contributed by atoms with van der Waals surface area (Å²) in [6, 6.07) is 5.14. The fourth-order valence-corrected chi connectivity index (χ4v) is 6.32. The predicted octanol–water partition coefficient (Wildman–Crippen LogP) is 2.67. The van der Waals surface area contributed by atoms with Crippen LogP contribution in [0.2, 0.25) is 5.02 Å². The van der Waals surface area contributed by atoms with Crippen LogP contribution in [0.5, 0.6) is 0 Å². The van der Waals surface area contributed by atoms with Gasteiger partial charge in [0.1, 0.15) is 12.0 Å². The number of imide groups is 1. The van der Waals surface area contributed by atoms with Crippen molar-refractivity contribution in [2.75, 3.05) is 19.7 Å². The molecule has 3 aliphatic rings. The number of carbonyl (C=O) groups excluding carboxylic acids is 2. The number of nitrogens with zero attached hydrogens (tertiary/aromatic N) is 6. The topological polar surface area (TPSA) is 107 Å². The third kappa shape index (κ3) is 3.49. The maximum absolute atomic E-state index is 15.0. The molecule has 0 bridgehead atoms. The van der Waals surface area contributed by atoms with Crippen LogP contribution in [0.1, 0.15) is 19.4 Å². The third-order valence-corrected chi connectivity index (χ3v) is 8.31. The summed E-state index contributed by atoms with van der Waals surface area (Å²) < 4.78 is 24.1. The molecule has 2 saturated heterocycles. The zero-order valence-electron chi connectivity index (χ0n) is 20.8. The van der Waals surface area contributed by atoms with Crippen molar-refractivity contribution in [1.29, 1.82) is 0 Å². The number of nitrogens with one attached hydrogen (secondary N) is 1. The van der Waals surface area contributed by atoms with Gasteiger partial charge in [-0.15, -0.1) is 5.10 Å². The van der Waals surface area contributed by atoms with E-state index in [2.05, 4.69) is 20.5 Å². The monoisotopic (exact) mass is 537 g/mol. The van der Waals surface area contributed by atoms with Crippen LogP contribution in [-0.4, -0.2) is 66.9 Å². The Morgan fingerprint density at radius 1 is 1.21 bits per heavy atom. The van der Waals surface area contributed by atoms with Gasteiger partial charge in [0, 0.05) is 29.9 Å². The van der Waals surface area contributed by atoms with E-state index in [0.29, 0.717) is 47.0 Å². The van der Waals surface area contributed by atoms with Crippen molar-refractivity contribution in [2.24, 2.45) is 17.3 Å². The van der Waals surface area contributed by atoms with E-state index in [1.165, 1.54) is 11.2 Å². The van der Waals surface area contributed by atoms with Gasteiger partial charge in [-0.25, -0.2) is 9.50 Å². The number of fused-ring (bicyclic) bond motifs is 3. The summed E-state index contributed by atoms with van der Waals surface area (Å²) in [6.07, 6.45) is 3.03. The lowest BCUT2D eigenvalue weighted by Crippen LogP contribution is -2.40. The quantitative estimate of drug-likeness (QED) is 0.390. The maximum Gasteiger partial charge on any atom is 0.240 e. The predicted molar refractivity (Wildman–Crippen MR) is 136 cm³/mol. The number of benzene rings is 1. The summed E-state index contributed by atoms with van der Waals surface area (Å²) in [4.78, 5) is 31.6. The third-order valence-electron chi connectivity index (χ3n) is 8.09. The van der Waals surface area contributed by atoms with Crippen LogP contribution < -0.4 is 5.32 Å². The van der Waals surface area contributed by atoms with E-state index >= 15 is 0 Å². The molecule has 1 aromatic carbocycles. The zero-order valence-corrected chi connectivity index (χ0v) is 21.6. The van der Waals surface area contributed by atoms with Gasteiger partial charge in [0.05, 0.1) is 54.1 Å². The Kier molecular flexibility index (Phi) is 5.17. The molecule has 2 unspecified atom stereocenters. The van der Waals surface area contributed by atoms with E-state index in [1.54, 1.807) is 27.5 Å². The Morgan fingerprint density at radius 2 is 2.00 bits per heavy atom. The molecule has 196 valence electrons. The fraction of sp³-hybridized carbons (Fsp3) is 0.423. The Balaban J connectivity index is 1.29. The first-order valence-corrected chi connectivity index (χ1v) is 13.0. The van der Waals surface area contributed by atoms with Gasteiger partial charge in [-0.2, -0.15) is 9.49 Å². The molecule has 7 rings (SSSR count). The minimum Gasteiger partial charge on any atom is -0.374 e.